The average Bonchev–Trinajstić information content (AvgIpc) is 3.58. The highest BCUT2D eigenvalue weighted by Gasteiger charge is 2.25. The van der Waals surface area contributed by atoms with Crippen molar-refractivity contribution < 1.29 is 23.8 Å². The van der Waals surface area contributed by atoms with E-state index in [-0.39, 0.29) is 30.7 Å². The van der Waals surface area contributed by atoms with Gasteiger partial charge in [-0.3, -0.25) is 19.0 Å². The number of amides is 2. The molecule has 3 heterocycles. The highest BCUT2D eigenvalue weighted by Crippen LogP contribution is 2.35. The molecule has 0 saturated carbocycles. The Bertz CT molecular complexity index is 1770. The third-order valence-electron chi connectivity index (χ3n) is 8.38. The number of aromatic nitrogens is 2. The molecule has 11 nitrogen and oxygen atoms in total. The van der Waals surface area contributed by atoms with Crippen molar-refractivity contribution in [3.05, 3.63) is 88.2 Å². The number of hydrogen-bond donors (Lipinski definition) is 1. The van der Waals surface area contributed by atoms with E-state index in [9.17, 15) is 14.4 Å². The number of thioether (sulfide) groups is 1. The molecule has 1 N–H and O–H groups in total. The predicted octanol–water partition coefficient (Wildman–Crippen LogP) is 4.16. The molecular formula is C35H39N5O6S. The fourth-order valence-corrected chi connectivity index (χ4v) is 6.77. The summed E-state index contributed by atoms with van der Waals surface area (Å²) in [6, 6.07) is 21.0. The van der Waals surface area contributed by atoms with E-state index in [1.54, 1.807) is 23.8 Å². The van der Waals surface area contributed by atoms with E-state index in [1.807, 2.05) is 54.3 Å². The quantitative estimate of drug-likeness (QED) is 0.136. The van der Waals surface area contributed by atoms with E-state index < -0.39 is 5.25 Å². The van der Waals surface area contributed by atoms with E-state index >= 15 is 0 Å². The molecule has 1 fully saturated rings. The van der Waals surface area contributed by atoms with Crippen LogP contribution in [0.5, 0.6) is 11.5 Å². The molecule has 2 aliphatic heterocycles. The molecule has 0 spiro atoms. The Morgan fingerprint density at radius 1 is 1.00 bits per heavy atom. The van der Waals surface area contributed by atoms with Crippen molar-refractivity contribution in [1.29, 1.82) is 0 Å². The van der Waals surface area contributed by atoms with Gasteiger partial charge in [-0.25, -0.2) is 4.98 Å². The van der Waals surface area contributed by atoms with E-state index in [2.05, 4.69) is 22.3 Å². The molecule has 4 aromatic rings. The van der Waals surface area contributed by atoms with Crippen molar-refractivity contribution in [3.8, 4) is 11.5 Å². The first-order valence-electron chi connectivity index (χ1n) is 15.9. The van der Waals surface area contributed by atoms with E-state index in [0.29, 0.717) is 72.2 Å². The second-order valence-electron chi connectivity index (χ2n) is 11.5. The molecule has 3 aromatic carbocycles. The summed E-state index contributed by atoms with van der Waals surface area (Å²) in [5.41, 5.74) is 2.82. The summed E-state index contributed by atoms with van der Waals surface area (Å²) < 4.78 is 17.7. The van der Waals surface area contributed by atoms with Crippen LogP contribution in [0.2, 0.25) is 0 Å². The SMILES string of the molecule is CC[C@@H](Sc1nc2cc3c(cc2c(=O)n1Cc1ccc(C(=O)N2CCN(c4ccccc4)CC2)cc1)OCO3)C(=O)NCCCOC. The Kier molecular flexibility index (Phi) is 10.3. The predicted molar refractivity (Wildman–Crippen MR) is 182 cm³/mol. The molecule has 246 valence electrons. The maximum absolute atomic E-state index is 14.0. The average molecular weight is 658 g/mol. The molecule has 47 heavy (non-hydrogen) atoms. The number of methoxy groups -OCH3 is 1. The number of fused-ring (bicyclic) bond motifs is 2. The number of anilines is 1. The van der Waals surface area contributed by atoms with Gasteiger partial charge in [-0.2, -0.15) is 0 Å². The first kappa shape index (κ1) is 32.4. The minimum absolute atomic E-state index is 0.0107. The Balaban J connectivity index is 1.21. The first-order chi connectivity index (χ1) is 22.9. The second kappa shape index (κ2) is 14.9. The summed E-state index contributed by atoms with van der Waals surface area (Å²) in [6.45, 7) is 6.12. The van der Waals surface area contributed by atoms with Gasteiger partial charge < -0.3 is 29.3 Å². The van der Waals surface area contributed by atoms with Crippen molar-refractivity contribution in [2.45, 2.75) is 36.7 Å². The normalized spacial score (nSPS) is 14.8. The summed E-state index contributed by atoms with van der Waals surface area (Å²) in [5.74, 6) is 0.900. The van der Waals surface area contributed by atoms with Gasteiger partial charge in [-0.15, -0.1) is 0 Å². The van der Waals surface area contributed by atoms with Gasteiger partial charge in [0.25, 0.3) is 11.5 Å². The number of piperazine rings is 1. The Morgan fingerprint density at radius 3 is 2.43 bits per heavy atom. The van der Waals surface area contributed by atoms with Gasteiger partial charge in [0, 0.05) is 63.8 Å². The van der Waals surface area contributed by atoms with Crippen LogP contribution < -0.4 is 25.2 Å². The van der Waals surface area contributed by atoms with Gasteiger partial charge in [-0.05, 0) is 48.7 Å². The molecule has 6 rings (SSSR count). The van der Waals surface area contributed by atoms with Crippen molar-refractivity contribution in [1.82, 2.24) is 19.8 Å². The van der Waals surface area contributed by atoms with Gasteiger partial charge in [-0.1, -0.05) is 49.0 Å². The van der Waals surface area contributed by atoms with Crippen molar-refractivity contribution in [2.24, 2.45) is 0 Å². The maximum Gasteiger partial charge on any atom is 0.262 e. The van der Waals surface area contributed by atoms with Crippen LogP contribution in [0.1, 0.15) is 35.7 Å². The topological polar surface area (TPSA) is 115 Å². The highest BCUT2D eigenvalue weighted by molar-refractivity contribution is 8.00. The molecule has 2 amide bonds. The third kappa shape index (κ3) is 7.39. The van der Waals surface area contributed by atoms with Gasteiger partial charge in [0.2, 0.25) is 12.7 Å². The van der Waals surface area contributed by atoms with E-state index in [0.717, 1.165) is 24.3 Å². The number of rotatable bonds is 12. The van der Waals surface area contributed by atoms with Crippen LogP contribution in [0.3, 0.4) is 0 Å². The fraction of sp³-hybridized carbons (Fsp3) is 0.371. The number of carbonyl (C=O) groups is 2. The Morgan fingerprint density at radius 2 is 1.72 bits per heavy atom. The zero-order valence-electron chi connectivity index (χ0n) is 26.6. The minimum atomic E-state index is -0.454. The van der Waals surface area contributed by atoms with Crippen LogP contribution in [0.4, 0.5) is 5.69 Å². The Labute approximate surface area is 277 Å². The third-order valence-corrected chi connectivity index (χ3v) is 9.73. The highest BCUT2D eigenvalue weighted by atomic mass is 32.2. The second-order valence-corrected chi connectivity index (χ2v) is 12.6. The van der Waals surface area contributed by atoms with Crippen molar-refractivity contribution in [2.75, 3.05) is 58.1 Å². The largest absolute Gasteiger partial charge is 0.454 e. The molecule has 1 atom stereocenters. The smallest absolute Gasteiger partial charge is 0.262 e. The molecule has 2 aliphatic rings. The molecular weight excluding hydrogens is 618 g/mol. The van der Waals surface area contributed by atoms with Crippen LogP contribution >= 0.6 is 11.8 Å². The molecule has 1 aromatic heterocycles. The summed E-state index contributed by atoms with van der Waals surface area (Å²) >= 11 is 1.27. The maximum atomic E-state index is 14.0. The molecule has 0 radical (unpaired) electrons. The van der Waals surface area contributed by atoms with E-state index in [1.165, 1.54) is 11.8 Å². The molecule has 12 heteroatoms. The van der Waals surface area contributed by atoms with Crippen LogP contribution in [0, 0.1) is 0 Å². The van der Waals surface area contributed by atoms with Crippen molar-refractivity contribution >= 4 is 40.2 Å². The molecule has 0 aliphatic carbocycles. The number of para-hydroxylation sites is 1. The van der Waals surface area contributed by atoms with Crippen LogP contribution in [-0.4, -0.2) is 84.7 Å². The molecule has 0 bridgehead atoms. The number of ether oxygens (including phenoxy) is 3. The lowest BCUT2D eigenvalue weighted by Gasteiger charge is -2.36. The zero-order chi connectivity index (χ0) is 32.8. The number of hydrogen-bond acceptors (Lipinski definition) is 9. The monoisotopic (exact) mass is 657 g/mol. The van der Waals surface area contributed by atoms with Gasteiger partial charge >= 0.3 is 0 Å². The molecule has 1 saturated heterocycles. The lowest BCUT2D eigenvalue weighted by molar-refractivity contribution is -0.120. The van der Waals surface area contributed by atoms with Crippen LogP contribution in [-0.2, 0) is 16.1 Å². The van der Waals surface area contributed by atoms with Crippen molar-refractivity contribution in [3.63, 3.8) is 0 Å². The first-order valence-corrected chi connectivity index (χ1v) is 16.8. The minimum Gasteiger partial charge on any atom is -0.454 e. The Hall–Kier alpha value is -4.55. The fourth-order valence-electron chi connectivity index (χ4n) is 5.74. The number of nitrogens with one attached hydrogen (secondary N) is 1. The summed E-state index contributed by atoms with van der Waals surface area (Å²) in [7, 11) is 1.63. The van der Waals surface area contributed by atoms with Crippen LogP contribution in [0.25, 0.3) is 10.9 Å². The van der Waals surface area contributed by atoms with Gasteiger partial charge in [0.15, 0.2) is 16.7 Å². The lowest BCUT2D eigenvalue weighted by Crippen LogP contribution is -2.48. The van der Waals surface area contributed by atoms with Crippen LogP contribution in [0.15, 0.2) is 76.7 Å². The summed E-state index contributed by atoms with van der Waals surface area (Å²) in [5, 5.41) is 3.34. The summed E-state index contributed by atoms with van der Waals surface area (Å²) in [6.07, 6.45) is 1.25. The summed E-state index contributed by atoms with van der Waals surface area (Å²) in [4.78, 5) is 49.4. The van der Waals surface area contributed by atoms with E-state index in [4.69, 9.17) is 19.2 Å². The zero-order valence-corrected chi connectivity index (χ0v) is 27.5. The lowest BCUT2D eigenvalue weighted by atomic mass is 10.1. The van der Waals surface area contributed by atoms with Gasteiger partial charge in [0.1, 0.15) is 0 Å². The van der Waals surface area contributed by atoms with Gasteiger partial charge in [0.05, 0.1) is 22.7 Å². The number of carbonyl (C=O) groups excluding carboxylic acids is 2. The standard InChI is InChI=1S/C35H39N5O6S/c1-3-31(32(41)36-14-7-19-44-2)47-35-37-28-21-30-29(45-23-46-30)20-27(28)34(43)40(35)22-24-10-12-25(13-11-24)33(42)39-17-15-38(16-18-39)26-8-5-4-6-9-26/h4-6,8-13,20-21,31H,3,7,14-19,22-23H2,1-2H3,(H,36,41)/t31-/m1/s1. The number of benzene rings is 3. The molecule has 0 unspecified atom stereocenters. The number of nitrogens with zero attached hydrogens (tertiary/aromatic N) is 4.